The molecule has 1 unspecified atom stereocenters. The van der Waals surface area contributed by atoms with Gasteiger partial charge in [0.2, 0.25) is 5.95 Å². The first-order valence-corrected chi connectivity index (χ1v) is 4.19. The van der Waals surface area contributed by atoms with Crippen LogP contribution in [0.2, 0.25) is 0 Å². The van der Waals surface area contributed by atoms with E-state index in [0.717, 1.165) is 4.57 Å². The van der Waals surface area contributed by atoms with E-state index in [1.807, 2.05) is 0 Å². The highest BCUT2D eigenvalue weighted by Crippen LogP contribution is 2.13. The summed E-state index contributed by atoms with van der Waals surface area (Å²) in [7, 11) is 0. The molecule has 2 rings (SSSR count). The molecule has 0 saturated carbocycles. The van der Waals surface area contributed by atoms with Crippen LogP contribution in [-0.4, -0.2) is 19.5 Å². The number of nitrogens with one attached hydrogen (secondary N) is 1. The molecular weight excluding hydrogens is 203 g/mol. The number of anilines is 1. The van der Waals surface area contributed by atoms with E-state index in [0.29, 0.717) is 0 Å². The molecule has 80 valence electrons. The molecule has 0 saturated heterocycles. The van der Waals surface area contributed by atoms with Gasteiger partial charge in [-0.3, -0.25) is 14.3 Å². The first-order chi connectivity index (χ1) is 7.00. The van der Waals surface area contributed by atoms with Crippen LogP contribution in [0.1, 0.15) is 13.1 Å². The van der Waals surface area contributed by atoms with Crippen LogP contribution in [0.25, 0.3) is 11.2 Å². The SMILES string of the molecule is CC(N)n1c(F)nc2c(=O)[nH]c(N)nc21. The Morgan fingerprint density at radius 1 is 1.53 bits per heavy atom. The van der Waals surface area contributed by atoms with E-state index in [2.05, 4.69) is 15.0 Å². The third-order valence-corrected chi connectivity index (χ3v) is 1.93. The van der Waals surface area contributed by atoms with E-state index >= 15 is 0 Å². The Morgan fingerprint density at radius 3 is 2.80 bits per heavy atom. The fraction of sp³-hybridized carbons (Fsp3) is 0.286. The number of aromatic amines is 1. The van der Waals surface area contributed by atoms with Crippen molar-refractivity contribution in [3.8, 4) is 0 Å². The summed E-state index contributed by atoms with van der Waals surface area (Å²) in [5.41, 5.74) is 10.2. The molecule has 8 heteroatoms. The Kier molecular flexibility index (Phi) is 1.93. The van der Waals surface area contributed by atoms with Crippen molar-refractivity contribution < 1.29 is 4.39 Å². The summed E-state index contributed by atoms with van der Waals surface area (Å²) in [6.07, 6.45) is -1.53. The van der Waals surface area contributed by atoms with Gasteiger partial charge >= 0.3 is 0 Å². The molecule has 15 heavy (non-hydrogen) atoms. The molecular formula is C7H9FN6O. The van der Waals surface area contributed by atoms with Crippen LogP contribution in [0, 0.1) is 6.08 Å². The van der Waals surface area contributed by atoms with Crippen LogP contribution < -0.4 is 17.0 Å². The Bertz CT molecular complexity index is 571. The zero-order chi connectivity index (χ0) is 11.2. The smallest absolute Gasteiger partial charge is 0.292 e. The summed E-state index contributed by atoms with van der Waals surface area (Å²) in [6.45, 7) is 1.54. The van der Waals surface area contributed by atoms with Crippen LogP contribution in [0.15, 0.2) is 4.79 Å². The summed E-state index contributed by atoms with van der Waals surface area (Å²) in [5, 5.41) is 0. The van der Waals surface area contributed by atoms with Crippen LogP contribution >= 0.6 is 0 Å². The highest BCUT2D eigenvalue weighted by atomic mass is 19.1. The standard InChI is InChI=1S/C7H9FN6O/c1-2(9)14-4-3(11-6(14)8)5(15)13-7(10)12-4/h2H,9H2,1H3,(H3,10,12,13,15). The van der Waals surface area contributed by atoms with E-state index in [4.69, 9.17) is 11.5 Å². The third-order valence-electron chi connectivity index (χ3n) is 1.93. The van der Waals surface area contributed by atoms with Gasteiger partial charge in [0.15, 0.2) is 11.2 Å². The normalized spacial score (nSPS) is 13.3. The maximum Gasteiger partial charge on any atom is 0.292 e. The molecule has 0 radical (unpaired) electrons. The second-order valence-corrected chi connectivity index (χ2v) is 3.11. The van der Waals surface area contributed by atoms with E-state index < -0.39 is 17.8 Å². The fourth-order valence-corrected chi connectivity index (χ4v) is 1.34. The van der Waals surface area contributed by atoms with Crippen molar-refractivity contribution in [3.63, 3.8) is 0 Å². The molecule has 0 aliphatic rings. The van der Waals surface area contributed by atoms with Crippen LogP contribution in [0.5, 0.6) is 0 Å². The molecule has 1 atom stereocenters. The van der Waals surface area contributed by atoms with Gasteiger partial charge in [-0.2, -0.15) is 14.4 Å². The van der Waals surface area contributed by atoms with Crippen molar-refractivity contribution in [2.75, 3.05) is 5.73 Å². The number of hydrogen-bond acceptors (Lipinski definition) is 5. The lowest BCUT2D eigenvalue weighted by Crippen LogP contribution is -2.18. The summed E-state index contributed by atoms with van der Waals surface area (Å²) in [6, 6.07) is 0. The summed E-state index contributed by atoms with van der Waals surface area (Å²) in [5.74, 6) is -0.102. The van der Waals surface area contributed by atoms with Gasteiger partial charge < -0.3 is 11.5 Å². The minimum atomic E-state index is -0.858. The number of nitrogen functional groups attached to an aromatic ring is 1. The van der Waals surface area contributed by atoms with Crippen LogP contribution in [-0.2, 0) is 0 Å². The Balaban J connectivity index is 2.93. The highest BCUT2D eigenvalue weighted by molar-refractivity contribution is 5.70. The number of fused-ring (bicyclic) bond motifs is 1. The van der Waals surface area contributed by atoms with Gasteiger partial charge in [-0.1, -0.05) is 0 Å². The molecule has 2 aromatic rings. The van der Waals surface area contributed by atoms with E-state index in [9.17, 15) is 9.18 Å². The predicted molar refractivity (Wildman–Crippen MR) is 51.4 cm³/mol. The minimum Gasteiger partial charge on any atom is -0.369 e. The van der Waals surface area contributed by atoms with Gasteiger partial charge in [-0.25, -0.2) is 0 Å². The number of halogens is 1. The highest BCUT2D eigenvalue weighted by Gasteiger charge is 2.17. The summed E-state index contributed by atoms with van der Waals surface area (Å²) < 4.78 is 14.3. The molecule has 5 N–H and O–H groups in total. The third kappa shape index (κ3) is 1.34. The maximum atomic E-state index is 13.3. The summed E-state index contributed by atoms with van der Waals surface area (Å²) in [4.78, 5) is 20.8. The van der Waals surface area contributed by atoms with Crippen molar-refractivity contribution in [1.29, 1.82) is 0 Å². The van der Waals surface area contributed by atoms with Gasteiger partial charge in [0.05, 0.1) is 6.17 Å². The van der Waals surface area contributed by atoms with Crippen molar-refractivity contribution in [3.05, 3.63) is 16.4 Å². The number of nitrogens with zero attached hydrogens (tertiary/aromatic N) is 3. The molecule has 0 bridgehead atoms. The van der Waals surface area contributed by atoms with Crippen molar-refractivity contribution in [2.45, 2.75) is 13.1 Å². The van der Waals surface area contributed by atoms with Gasteiger partial charge in [0.1, 0.15) is 0 Å². The molecule has 0 fully saturated rings. The predicted octanol–water partition coefficient (Wildman–Crippen LogP) is -0.682. The average molecular weight is 212 g/mol. The molecule has 0 aliphatic carbocycles. The lowest BCUT2D eigenvalue weighted by Gasteiger charge is -2.07. The topological polar surface area (TPSA) is 116 Å². The molecule has 2 aromatic heterocycles. The van der Waals surface area contributed by atoms with Gasteiger partial charge in [-0.05, 0) is 6.92 Å². The maximum absolute atomic E-state index is 13.3. The average Bonchev–Trinajstić information content (AvgIpc) is 2.41. The Labute approximate surface area is 82.9 Å². The molecule has 0 spiro atoms. The van der Waals surface area contributed by atoms with Crippen molar-refractivity contribution in [2.24, 2.45) is 5.73 Å². The monoisotopic (exact) mass is 212 g/mol. The second kappa shape index (κ2) is 3.02. The number of hydrogen-bond donors (Lipinski definition) is 3. The number of aromatic nitrogens is 4. The Morgan fingerprint density at radius 2 is 2.20 bits per heavy atom. The largest absolute Gasteiger partial charge is 0.369 e. The van der Waals surface area contributed by atoms with Gasteiger partial charge in [-0.15, -0.1) is 0 Å². The van der Waals surface area contributed by atoms with Gasteiger partial charge in [0.25, 0.3) is 11.6 Å². The molecule has 2 heterocycles. The molecule has 0 amide bonds. The zero-order valence-corrected chi connectivity index (χ0v) is 7.86. The number of imidazole rings is 1. The van der Waals surface area contributed by atoms with E-state index in [1.165, 1.54) is 0 Å². The van der Waals surface area contributed by atoms with Crippen LogP contribution in [0.4, 0.5) is 10.3 Å². The van der Waals surface area contributed by atoms with Crippen molar-refractivity contribution in [1.82, 2.24) is 19.5 Å². The second-order valence-electron chi connectivity index (χ2n) is 3.11. The first kappa shape index (κ1) is 9.59. The summed E-state index contributed by atoms with van der Waals surface area (Å²) >= 11 is 0. The van der Waals surface area contributed by atoms with Crippen LogP contribution in [0.3, 0.4) is 0 Å². The minimum absolute atomic E-state index is 0.0451. The Hall–Kier alpha value is -1.96. The lowest BCUT2D eigenvalue weighted by atomic mass is 10.5. The number of nitrogens with two attached hydrogens (primary N) is 2. The fourth-order valence-electron chi connectivity index (χ4n) is 1.34. The number of H-pyrrole nitrogens is 1. The van der Waals surface area contributed by atoms with Gasteiger partial charge in [0, 0.05) is 0 Å². The molecule has 7 nitrogen and oxygen atoms in total. The molecule has 0 aliphatic heterocycles. The van der Waals surface area contributed by atoms with Crippen molar-refractivity contribution >= 4 is 17.1 Å². The zero-order valence-electron chi connectivity index (χ0n) is 7.86. The first-order valence-electron chi connectivity index (χ1n) is 4.19. The number of rotatable bonds is 1. The quantitative estimate of drug-likeness (QED) is 0.541. The van der Waals surface area contributed by atoms with E-state index in [1.54, 1.807) is 6.92 Å². The lowest BCUT2D eigenvalue weighted by molar-refractivity contribution is 0.432. The van der Waals surface area contributed by atoms with E-state index in [-0.39, 0.29) is 17.1 Å². The molecule has 0 aromatic carbocycles.